The molecule has 3 rings (SSSR count). The molecule has 1 N–H and O–H groups in total. The number of fused-ring (bicyclic) bond motifs is 1. The number of rotatable bonds is 2. The van der Waals surface area contributed by atoms with Gasteiger partial charge in [0.2, 0.25) is 5.82 Å². The predicted octanol–water partition coefficient (Wildman–Crippen LogP) is 1.29. The van der Waals surface area contributed by atoms with Crippen LogP contribution < -0.4 is 10.4 Å². The second-order valence-corrected chi connectivity index (χ2v) is 3.99. The number of ether oxygens (including phenoxy) is 1. The summed E-state index contributed by atoms with van der Waals surface area (Å²) in [7, 11) is 1.57. The third kappa shape index (κ3) is 1.75. The lowest BCUT2D eigenvalue weighted by Gasteiger charge is -2.07. The Labute approximate surface area is 107 Å². The molecule has 0 saturated heterocycles. The van der Waals surface area contributed by atoms with Crippen LogP contribution in [0.4, 0.5) is 0 Å². The smallest absolute Gasteiger partial charge is 0.347 e. The van der Waals surface area contributed by atoms with E-state index in [0.717, 1.165) is 10.9 Å². The maximum Gasteiger partial charge on any atom is 0.347 e. The van der Waals surface area contributed by atoms with Crippen molar-refractivity contribution in [2.75, 3.05) is 7.11 Å². The first kappa shape index (κ1) is 11.4. The Hall–Kier alpha value is -2.70. The largest absolute Gasteiger partial charge is 0.496 e. The van der Waals surface area contributed by atoms with Crippen LogP contribution in [0.5, 0.6) is 5.75 Å². The van der Waals surface area contributed by atoms with Crippen molar-refractivity contribution in [3.05, 3.63) is 34.2 Å². The highest BCUT2D eigenvalue weighted by molar-refractivity contribution is 5.84. The molecule has 7 heteroatoms. The second kappa shape index (κ2) is 4.20. The van der Waals surface area contributed by atoms with Crippen molar-refractivity contribution in [2.45, 2.75) is 6.92 Å². The Kier molecular flexibility index (Phi) is 2.52. The maximum atomic E-state index is 12.0. The number of aryl methyl sites for hydroxylation is 1. The van der Waals surface area contributed by atoms with E-state index in [9.17, 15) is 4.79 Å². The van der Waals surface area contributed by atoms with E-state index in [-0.39, 0.29) is 11.4 Å². The van der Waals surface area contributed by atoms with Gasteiger partial charge in [-0.25, -0.2) is 4.79 Å². The van der Waals surface area contributed by atoms with E-state index in [0.29, 0.717) is 11.3 Å². The van der Waals surface area contributed by atoms with E-state index >= 15 is 0 Å². The number of aromatic nitrogens is 4. The normalized spacial score (nSPS) is 10.8. The summed E-state index contributed by atoms with van der Waals surface area (Å²) in [6, 6.07) is 5.31. The number of hydrogen-bond acceptors (Lipinski definition) is 6. The van der Waals surface area contributed by atoms with Crippen molar-refractivity contribution in [1.82, 2.24) is 20.6 Å². The zero-order valence-electron chi connectivity index (χ0n) is 10.3. The minimum Gasteiger partial charge on any atom is -0.496 e. The Morgan fingerprint density at radius 2 is 2.21 bits per heavy atom. The number of aromatic amines is 1. The van der Waals surface area contributed by atoms with Gasteiger partial charge < -0.3 is 9.15 Å². The molecular formula is C12H10N4O3. The zero-order chi connectivity index (χ0) is 13.4. The number of nitrogens with one attached hydrogen (secondary N) is 1. The van der Waals surface area contributed by atoms with E-state index < -0.39 is 5.63 Å². The summed E-state index contributed by atoms with van der Waals surface area (Å²) in [5, 5.41) is 14.1. The Balaban J connectivity index is 2.31. The minimum absolute atomic E-state index is 0.212. The Morgan fingerprint density at radius 3 is 2.89 bits per heavy atom. The molecule has 0 aliphatic heterocycles. The van der Waals surface area contributed by atoms with Crippen LogP contribution in [0.25, 0.3) is 22.4 Å². The molecule has 0 spiro atoms. The summed E-state index contributed by atoms with van der Waals surface area (Å²) in [5.74, 6) is 0.882. The molecule has 0 bridgehead atoms. The summed E-state index contributed by atoms with van der Waals surface area (Å²) in [4.78, 5) is 12.0. The fourth-order valence-electron chi connectivity index (χ4n) is 1.96. The first-order valence-electron chi connectivity index (χ1n) is 5.56. The molecule has 0 fully saturated rings. The van der Waals surface area contributed by atoms with Gasteiger partial charge in [0.25, 0.3) is 0 Å². The van der Waals surface area contributed by atoms with Crippen LogP contribution in [-0.2, 0) is 0 Å². The van der Waals surface area contributed by atoms with Crippen LogP contribution in [0, 0.1) is 6.92 Å². The van der Waals surface area contributed by atoms with E-state index in [1.165, 1.54) is 0 Å². The topological polar surface area (TPSA) is 93.9 Å². The van der Waals surface area contributed by atoms with Crippen LogP contribution >= 0.6 is 0 Å². The van der Waals surface area contributed by atoms with Gasteiger partial charge >= 0.3 is 5.63 Å². The minimum atomic E-state index is -0.509. The van der Waals surface area contributed by atoms with Gasteiger partial charge in [-0.3, -0.25) is 0 Å². The summed E-state index contributed by atoms with van der Waals surface area (Å²) in [6.45, 7) is 1.83. The number of benzene rings is 1. The SMILES string of the molecule is COc1ccc2cc(-c3nn[nH]n3)c(=O)oc2c1C. The standard InChI is InChI=1S/C12H10N4O3/c1-6-9(18-2)4-3-7-5-8(11-13-15-16-14-11)12(17)19-10(6)7/h3-5H,1-2H3,(H,13,14,15,16). The van der Waals surface area contributed by atoms with Gasteiger partial charge in [-0.15, -0.1) is 10.2 Å². The molecule has 0 saturated carbocycles. The monoisotopic (exact) mass is 258 g/mol. The van der Waals surface area contributed by atoms with Crippen LogP contribution in [0.2, 0.25) is 0 Å². The zero-order valence-corrected chi connectivity index (χ0v) is 10.3. The summed E-state index contributed by atoms with van der Waals surface area (Å²) in [5.41, 5.74) is 1.03. The number of nitrogens with zero attached hydrogens (tertiary/aromatic N) is 3. The predicted molar refractivity (Wildman–Crippen MR) is 66.9 cm³/mol. The quantitative estimate of drug-likeness (QED) is 0.696. The van der Waals surface area contributed by atoms with Gasteiger partial charge in [-0.2, -0.15) is 5.21 Å². The first-order valence-corrected chi connectivity index (χ1v) is 5.56. The van der Waals surface area contributed by atoms with Crippen LogP contribution in [-0.4, -0.2) is 27.7 Å². The van der Waals surface area contributed by atoms with Crippen molar-refractivity contribution < 1.29 is 9.15 Å². The van der Waals surface area contributed by atoms with Crippen LogP contribution in [0.3, 0.4) is 0 Å². The number of tetrazole rings is 1. The first-order chi connectivity index (χ1) is 9.20. The maximum absolute atomic E-state index is 12.0. The lowest BCUT2D eigenvalue weighted by atomic mass is 10.1. The van der Waals surface area contributed by atoms with E-state index in [1.54, 1.807) is 13.2 Å². The molecule has 0 aliphatic rings. The van der Waals surface area contributed by atoms with Gasteiger partial charge in [-0.1, -0.05) is 0 Å². The fraction of sp³-hybridized carbons (Fsp3) is 0.167. The average molecular weight is 258 g/mol. The molecule has 7 nitrogen and oxygen atoms in total. The molecule has 0 atom stereocenters. The molecule has 3 aromatic rings. The number of H-pyrrole nitrogens is 1. The van der Waals surface area contributed by atoms with E-state index in [1.807, 2.05) is 19.1 Å². The summed E-state index contributed by atoms with van der Waals surface area (Å²) >= 11 is 0. The molecule has 19 heavy (non-hydrogen) atoms. The number of methoxy groups -OCH3 is 1. The highest BCUT2D eigenvalue weighted by Gasteiger charge is 2.14. The molecule has 2 aromatic heterocycles. The summed E-state index contributed by atoms with van der Waals surface area (Å²) < 4.78 is 10.5. The molecular weight excluding hydrogens is 248 g/mol. The Bertz CT molecular complexity index is 793. The average Bonchev–Trinajstić information content (AvgIpc) is 2.93. The molecule has 0 aliphatic carbocycles. The highest BCUT2D eigenvalue weighted by atomic mass is 16.5. The van der Waals surface area contributed by atoms with Crippen molar-refractivity contribution in [3.63, 3.8) is 0 Å². The molecule has 0 unspecified atom stereocenters. The molecule has 96 valence electrons. The fourth-order valence-corrected chi connectivity index (χ4v) is 1.96. The van der Waals surface area contributed by atoms with E-state index in [4.69, 9.17) is 9.15 Å². The van der Waals surface area contributed by atoms with Gasteiger partial charge in [-0.05, 0) is 30.3 Å². The lowest BCUT2D eigenvalue weighted by molar-refractivity contribution is 0.410. The van der Waals surface area contributed by atoms with Crippen molar-refractivity contribution in [1.29, 1.82) is 0 Å². The van der Waals surface area contributed by atoms with Crippen molar-refractivity contribution >= 4 is 11.0 Å². The van der Waals surface area contributed by atoms with Gasteiger partial charge in [0.05, 0.1) is 7.11 Å². The molecule has 0 radical (unpaired) electrons. The molecule has 1 aromatic carbocycles. The molecule has 0 amide bonds. The van der Waals surface area contributed by atoms with Crippen molar-refractivity contribution in [2.24, 2.45) is 0 Å². The summed E-state index contributed by atoms with van der Waals surface area (Å²) in [6.07, 6.45) is 0. The van der Waals surface area contributed by atoms with Crippen molar-refractivity contribution in [3.8, 4) is 17.1 Å². The van der Waals surface area contributed by atoms with Crippen LogP contribution in [0.15, 0.2) is 27.4 Å². The third-order valence-electron chi connectivity index (χ3n) is 2.91. The lowest BCUT2D eigenvalue weighted by Crippen LogP contribution is -2.04. The highest BCUT2D eigenvalue weighted by Crippen LogP contribution is 2.27. The van der Waals surface area contributed by atoms with E-state index in [2.05, 4.69) is 20.6 Å². The Morgan fingerprint density at radius 1 is 1.37 bits per heavy atom. The third-order valence-corrected chi connectivity index (χ3v) is 2.91. The van der Waals surface area contributed by atoms with Gasteiger partial charge in [0.15, 0.2) is 0 Å². The molecule has 2 heterocycles. The van der Waals surface area contributed by atoms with Gasteiger partial charge in [0, 0.05) is 10.9 Å². The number of hydrogen-bond donors (Lipinski definition) is 1. The van der Waals surface area contributed by atoms with Gasteiger partial charge in [0.1, 0.15) is 16.9 Å². The van der Waals surface area contributed by atoms with Crippen LogP contribution in [0.1, 0.15) is 5.56 Å². The second-order valence-electron chi connectivity index (χ2n) is 3.99.